The van der Waals surface area contributed by atoms with Gasteiger partial charge < -0.3 is 10.4 Å². The third-order valence-corrected chi connectivity index (χ3v) is 2.63. The number of benzene rings is 1. The molecule has 0 aromatic heterocycles. The van der Waals surface area contributed by atoms with Crippen LogP contribution < -0.4 is 5.32 Å². The van der Waals surface area contributed by atoms with Crippen LogP contribution in [0, 0.1) is 13.8 Å². The van der Waals surface area contributed by atoms with E-state index in [0.29, 0.717) is 16.7 Å². The molecule has 0 aliphatic carbocycles. The van der Waals surface area contributed by atoms with Gasteiger partial charge in [-0.25, -0.2) is 4.79 Å². The van der Waals surface area contributed by atoms with E-state index in [1.54, 1.807) is 19.2 Å². The van der Waals surface area contributed by atoms with Crippen molar-refractivity contribution in [3.05, 3.63) is 34.4 Å². The molecule has 0 saturated heterocycles. The van der Waals surface area contributed by atoms with E-state index in [0.717, 1.165) is 0 Å². The van der Waals surface area contributed by atoms with Crippen molar-refractivity contribution >= 4 is 11.9 Å². The summed E-state index contributed by atoms with van der Waals surface area (Å²) in [5, 5.41) is 10.6. The lowest BCUT2D eigenvalue weighted by atomic mass is 9.99. The van der Waals surface area contributed by atoms with Crippen LogP contribution in [0.5, 0.6) is 0 Å². The average molecular weight is 275 g/mol. The van der Waals surface area contributed by atoms with Crippen molar-refractivity contribution in [1.82, 2.24) is 5.32 Å². The standard InChI is InChI=1S/C12H12F3NO3/c1-6-3-8(10(17)18)4-7(2)9(6)5-16-11(19)12(13,14)15/h3-4H,5H2,1-2H3,(H,16,19)(H,17,18). The Morgan fingerprint density at radius 3 is 2.05 bits per heavy atom. The molecule has 4 nitrogen and oxygen atoms in total. The molecule has 0 aliphatic rings. The Morgan fingerprint density at radius 2 is 1.68 bits per heavy atom. The van der Waals surface area contributed by atoms with Crippen molar-refractivity contribution in [1.29, 1.82) is 0 Å². The molecule has 1 aromatic rings. The van der Waals surface area contributed by atoms with Crippen LogP contribution >= 0.6 is 0 Å². The van der Waals surface area contributed by atoms with Gasteiger partial charge in [0.25, 0.3) is 0 Å². The minimum absolute atomic E-state index is 0.0564. The molecule has 0 unspecified atom stereocenters. The van der Waals surface area contributed by atoms with Gasteiger partial charge in [0.1, 0.15) is 0 Å². The molecule has 0 aliphatic heterocycles. The zero-order valence-electron chi connectivity index (χ0n) is 10.3. The number of aromatic carboxylic acids is 1. The summed E-state index contributed by atoms with van der Waals surface area (Å²) >= 11 is 0. The number of halogens is 3. The summed E-state index contributed by atoms with van der Waals surface area (Å²) in [5.74, 6) is -3.13. The van der Waals surface area contributed by atoms with Gasteiger partial charge in [-0.15, -0.1) is 0 Å². The summed E-state index contributed by atoms with van der Waals surface area (Å²) in [6.07, 6.45) is -4.93. The smallest absolute Gasteiger partial charge is 0.471 e. The number of carboxylic acids is 1. The van der Waals surface area contributed by atoms with Gasteiger partial charge in [-0.2, -0.15) is 13.2 Å². The number of rotatable bonds is 3. The molecule has 1 rings (SSSR count). The summed E-state index contributed by atoms with van der Waals surface area (Å²) in [7, 11) is 0. The molecule has 19 heavy (non-hydrogen) atoms. The van der Waals surface area contributed by atoms with E-state index in [4.69, 9.17) is 5.11 Å². The van der Waals surface area contributed by atoms with E-state index in [1.807, 2.05) is 0 Å². The summed E-state index contributed by atoms with van der Waals surface area (Å²) in [5.41, 5.74) is 1.56. The molecule has 1 aromatic carbocycles. The molecule has 104 valence electrons. The number of alkyl halides is 3. The highest BCUT2D eigenvalue weighted by Crippen LogP contribution is 2.18. The monoisotopic (exact) mass is 275 g/mol. The predicted octanol–water partition coefficient (Wildman–Crippen LogP) is 2.18. The minimum atomic E-state index is -4.93. The van der Waals surface area contributed by atoms with Gasteiger partial charge >= 0.3 is 18.1 Å². The van der Waals surface area contributed by atoms with Gasteiger partial charge in [0.05, 0.1) is 5.56 Å². The Balaban J connectivity index is 2.92. The van der Waals surface area contributed by atoms with Crippen LogP contribution in [0.1, 0.15) is 27.0 Å². The molecule has 0 spiro atoms. The Morgan fingerprint density at radius 1 is 1.21 bits per heavy atom. The van der Waals surface area contributed by atoms with Gasteiger partial charge in [0.2, 0.25) is 0 Å². The van der Waals surface area contributed by atoms with Crippen molar-refractivity contribution in [2.24, 2.45) is 0 Å². The predicted molar refractivity (Wildman–Crippen MR) is 60.8 cm³/mol. The maximum Gasteiger partial charge on any atom is 0.471 e. The van der Waals surface area contributed by atoms with Crippen LogP contribution in [0.3, 0.4) is 0 Å². The van der Waals surface area contributed by atoms with Crippen LogP contribution in [-0.4, -0.2) is 23.2 Å². The number of amides is 1. The normalized spacial score (nSPS) is 11.2. The quantitative estimate of drug-likeness (QED) is 0.888. The molecular formula is C12H12F3NO3. The number of carbonyl (C=O) groups is 2. The first-order valence-corrected chi connectivity index (χ1v) is 5.31. The van der Waals surface area contributed by atoms with Crippen molar-refractivity contribution in [3.8, 4) is 0 Å². The van der Waals surface area contributed by atoms with Crippen LogP contribution in [-0.2, 0) is 11.3 Å². The molecule has 0 bridgehead atoms. The lowest BCUT2D eigenvalue weighted by Gasteiger charge is -2.13. The Kier molecular flexibility index (Phi) is 4.18. The lowest BCUT2D eigenvalue weighted by molar-refractivity contribution is -0.173. The van der Waals surface area contributed by atoms with Crippen molar-refractivity contribution in [2.75, 3.05) is 0 Å². The highest BCUT2D eigenvalue weighted by molar-refractivity contribution is 5.88. The lowest BCUT2D eigenvalue weighted by Crippen LogP contribution is -2.36. The molecule has 2 N–H and O–H groups in total. The maximum absolute atomic E-state index is 12.0. The van der Waals surface area contributed by atoms with E-state index in [1.165, 1.54) is 12.1 Å². The molecule has 7 heteroatoms. The number of hydrogen-bond donors (Lipinski definition) is 2. The summed E-state index contributed by atoms with van der Waals surface area (Å²) < 4.78 is 36.1. The van der Waals surface area contributed by atoms with E-state index < -0.39 is 18.1 Å². The molecule has 0 radical (unpaired) electrons. The van der Waals surface area contributed by atoms with Gasteiger partial charge in [-0.1, -0.05) is 0 Å². The van der Waals surface area contributed by atoms with E-state index in [-0.39, 0.29) is 12.1 Å². The highest BCUT2D eigenvalue weighted by Gasteiger charge is 2.38. The maximum atomic E-state index is 12.0. The van der Waals surface area contributed by atoms with Crippen molar-refractivity contribution in [3.63, 3.8) is 0 Å². The van der Waals surface area contributed by atoms with Crippen LogP contribution in [0.25, 0.3) is 0 Å². The number of aryl methyl sites for hydroxylation is 2. The zero-order valence-corrected chi connectivity index (χ0v) is 10.3. The van der Waals surface area contributed by atoms with E-state index >= 15 is 0 Å². The molecule has 0 atom stereocenters. The van der Waals surface area contributed by atoms with Gasteiger partial charge in [0, 0.05) is 6.54 Å². The molecular weight excluding hydrogens is 263 g/mol. The highest BCUT2D eigenvalue weighted by atomic mass is 19.4. The van der Waals surface area contributed by atoms with Crippen LogP contribution in [0.15, 0.2) is 12.1 Å². The third-order valence-electron chi connectivity index (χ3n) is 2.63. The van der Waals surface area contributed by atoms with Crippen molar-refractivity contribution in [2.45, 2.75) is 26.6 Å². The fourth-order valence-corrected chi connectivity index (χ4v) is 1.66. The number of nitrogens with one attached hydrogen (secondary N) is 1. The Hall–Kier alpha value is -2.05. The summed E-state index contributed by atoms with van der Waals surface area (Å²) in [6.45, 7) is 2.86. The zero-order chi connectivity index (χ0) is 14.8. The second-order valence-electron chi connectivity index (χ2n) is 4.07. The molecule has 0 heterocycles. The first kappa shape index (κ1) is 15.0. The van der Waals surface area contributed by atoms with Crippen LogP contribution in [0.2, 0.25) is 0 Å². The third kappa shape index (κ3) is 3.70. The fourth-order valence-electron chi connectivity index (χ4n) is 1.66. The topological polar surface area (TPSA) is 66.4 Å². The average Bonchev–Trinajstić information content (AvgIpc) is 2.25. The van der Waals surface area contributed by atoms with Gasteiger partial charge in [-0.3, -0.25) is 4.79 Å². The molecule has 0 fully saturated rings. The second-order valence-corrected chi connectivity index (χ2v) is 4.07. The molecule has 1 amide bonds. The largest absolute Gasteiger partial charge is 0.478 e. The van der Waals surface area contributed by atoms with E-state index in [9.17, 15) is 22.8 Å². The summed E-state index contributed by atoms with van der Waals surface area (Å²) in [4.78, 5) is 21.5. The van der Waals surface area contributed by atoms with Crippen LogP contribution in [0.4, 0.5) is 13.2 Å². The second kappa shape index (κ2) is 5.29. The molecule has 0 saturated carbocycles. The Bertz CT molecular complexity index is 500. The Labute approximate surface area is 107 Å². The first-order chi connectivity index (χ1) is 8.62. The number of carboxylic acid groups (broad SMARTS) is 1. The number of hydrogen-bond acceptors (Lipinski definition) is 2. The van der Waals surface area contributed by atoms with Gasteiger partial charge in [0.15, 0.2) is 0 Å². The fraction of sp³-hybridized carbons (Fsp3) is 0.333. The SMILES string of the molecule is Cc1cc(C(=O)O)cc(C)c1CNC(=O)C(F)(F)F. The summed E-state index contributed by atoms with van der Waals surface area (Å²) in [6, 6.07) is 2.70. The van der Waals surface area contributed by atoms with E-state index in [2.05, 4.69) is 0 Å². The van der Waals surface area contributed by atoms with Crippen molar-refractivity contribution < 1.29 is 27.9 Å². The first-order valence-electron chi connectivity index (χ1n) is 5.31. The minimum Gasteiger partial charge on any atom is -0.478 e. The number of carbonyl (C=O) groups excluding carboxylic acids is 1. The van der Waals surface area contributed by atoms with Gasteiger partial charge in [-0.05, 0) is 42.7 Å².